The predicted octanol–water partition coefficient (Wildman–Crippen LogP) is 2.84. The van der Waals surface area contributed by atoms with Crippen molar-refractivity contribution in [2.24, 2.45) is 0 Å². The van der Waals surface area contributed by atoms with Gasteiger partial charge in [-0.2, -0.15) is 0 Å². The van der Waals surface area contributed by atoms with E-state index in [9.17, 15) is 9.59 Å². The largest absolute Gasteiger partial charge is 0.343 e. The molecule has 0 aromatic heterocycles. The molecule has 3 heterocycles. The van der Waals surface area contributed by atoms with Crippen molar-refractivity contribution < 1.29 is 14.3 Å². The molecule has 0 aliphatic carbocycles. The Labute approximate surface area is 164 Å². The maximum Gasteiger partial charge on any atom is 0.227 e. The first kappa shape index (κ1) is 17.4. The predicted molar refractivity (Wildman–Crippen MR) is 104 cm³/mol. The quantitative estimate of drug-likeness (QED) is 0.828. The number of hydrogen-bond donors (Lipinski definition) is 0. The molecule has 3 aliphatic rings. The van der Waals surface area contributed by atoms with Gasteiger partial charge >= 0.3 is 0 Å². The Morgan fingerprint density at radius 2 is 2.00 bits per heavy atom. The summed E-state index contributed by atoms with van der Waals surface area (Å²) in [6, 6.07) is 17.9. The molecule has 0 bridgehead atoms. The molecule has 28 heavy (non-hydrogen) atoms. The van der Waals surface area contributed by atoms with E-state index in [0.717, 1.165) is 16.7 Å². The van der Waals surface area contributed by atoms with Crippen molar-refractivity contribution in [3.63, 3.8) is 0 Å². The number of likely N-dealkylation sites (tertiary alicyclic amines) is 1. The van der Waals surface area contributed by atoms with Gasteiger partial charge in [0.05, 0.1) is 25.4 Å². The van der Waals surface area contributed by atoms with Crippen LogP contribution in [0.3, 0.4) is 0 Å². The third kappa shape index (κ3) is 2.65. The van der Waals surface area contributed by atoms with E-state index >= 15 is 0 Å². The van der Waals surface area contributed by atoms with Crippen molar-refractivity contribution in [3.05, 3.63) is 71.3 Å². The molecule has 144 valence electrons. The second-order valence-corrected chi connectivity index (χ2v) is 8.09. The van der Waals surface area contributed by atoms with Crippen LogP contribution in [-0.4, -0.2) is 46.5 Å². The van der Waals surface area contributed by atoms with Crippen LogP contribution in [0.15, 0.2) is 54.6 Å². The van der Waals surface area contributed by atoms with Crippen molar-refractivity contribution in [1.82, 2.24) is 9.80 Å². The van der Waals surface area contributed by atoms with E-state index in [2.05, 4.69) is 0 Å². The number of carbonyl (C=O) groups is 2. The van der Waals surface area contributed by atoms with Gasteiger partial charge in [-0.25, -0.2) is 0 Å². The van der Waals surface area contributed by atoms with Gasteiger partial charge in [0, 0.05) is 13.0 Å². The van der Waals surface area contributed by atoms with Gasteiger partial charge in [0.1, 0.15) is 6.10 Å². The minimum Gasteiger partial charge on any atom is -0.343 e. The van der Waals surface area contributed by atoms with Crippen molar-refractivity contribution >= 4 is 11.8 Å². The zero-order chi connectivity index (χ0) is 19.3. The van der Waals surface area contributed by atoms with Crippen molar-refractivity contribution in [1.29, 1.82) is 0 Å². The lowest BCUT2D eigenvalue weighted by Gasteiger charge is -2.32. The van der Waals surface area contributed by atoms with Crippen molar-refractivity contribution in [3.8, 4) is 0 Å². The summed E-state index contributed by atoms with van der Waals surface area (Å²) in [4.78, 5) is 29.5. The number of amides is 2. The molecule has 3 aliphatic heterocycles. The van der Waals surface area contributed by atoms with Gasteiger partial charge in [0.25, 0.3) is 0 Å². The second kappa shape index (κ2) is 6.45. The fraction of sp³-hybridized carbons (Fsp3) is 0.391. The maximum atomic E-state index is 13.1. The van der Waals surface area contributed by atoms with Crippen LogP contribution < -0.4 is 0 Å². The number of hydrogen-bond acceptors (Lipinski definition) is 3. The summed E-state index contributed by atoms with van der Waals surface area (Å²) in [6.07, 6.45) is 1.29. The van der Waals surface area contributed by atoms with Gasteiger partial charge in [-0.1, -0.05) is 60.2 Å². The highest BCUT2D eigenvalue weighted by molar-refractivity contribution is 5.85. The lowest BCUT2D eigenvalue weighted by atomic mass is 10.0. The molecule has 0 saturated carbocycles. The molecular weight excluding hydrogens is 352 g/mol. The number of ether oxygens (including phenoxy) is 1. The summed E-state index contributed by atoms with van der Waals surface area (Å²) in [7, 11) is 0. The molecule has 5 heteroatoms. The molecule has 2 amide bonds. The standard InChI is InChI=1S/C23H24N2O3/c1-16-6-5-7-17(12-16)13-21(26)24-11-10-23-20(24)14-22(27)25(23)15-19(28-23)18-8-3-2-4-9-18/h2-9,12,19-20H,10-11,13-15H2,1H3/t19-,20-,23+/m1/s1. The van der Waals surface area contributed by atoms with Gasteiger partial charge in [-0.15, -0.1) is 0 Å². The summed E-state index contributed by atoms with van der Waals surface area (Å²) in [5, 5.41) is 0. The van der Waals surface area contributed by atoms with E-state index in [4.69, 9.17) is 4.74 Å². The van der Waals surface area contributed by atoms with Gasteiger partial charge in [-0.05, 0) is 18.1 Å². The highest BCUT2D eigenvalue weighted by Gasteiger charge is 2.64. The van der Waals surface area contributed by atoms with Crippen LogP contribution in [0.2, 0.25) is 0 Å². The summed E-state index contributed by atoms with van der Waals surface area (Å²) >= 11 is 0. The Kier molecular flexibility index (Phi) is 4.02. The van der Waals surface area contributed by atoms with Crippen LogP contribution in [-0.2, 0) is 20.7 Å². The molecule has 5 nitrogen and oxygen atoms in total. The highest BCUT2D eigenvalue weighted by Crippen LogP contribution is 2.50. The average molecular weight is 376 g/mol. The Morgan fingerprint density at radius 3 is 2.79 bits per heavy atom. The highest BCUT2D eigenvalue weighted by atomic mass is 16.5. The molecular formula is C23H24N2O3. The van der Waals surface area contributed by atoms with E-state index in [1.54, 1.807) is 0 Å². The molecule has 3 saturated heterocycles. The van der Waals surface area contributed by atoms with Crippen LogP contribution in [0.25, 0.3) is 0 Å². The summed E-state index contributed by atoms with van der Waals surface area (Å²) in [5.74, 6) is 0.172. The SMILES string of the molecule is Cc1cccc(CC(=O)N2CC[C@@]34O[C@@H](c5ccccc5)CN3C(=O)C[C@@H]24)c1. The summed E-state index contributed by atoms with van der Waals surface area (Å²) < 4.78 is 6.51. The average Bonchev–Trinajstić information content (AvgIpc) is 3.31. The van der Waals surface area contributed by atoms with Gasteiger partial charge < -0.3 is 14.5 Å². The first-order chi connectivity index (χ1) is 13.6. The topological polar surface area (TPSA) is 49.9 Å². The first-order valence-corrected chi connectivity index (χ1v) is 9.95. The molecule has 0 N–H and O–H groups in total. The van der Waals surface area contributed by atoms with E-state index in [1.807, 2.05) is 71.3 Å². The van der Waals surface area contributed by atoms with Crippen LogP contribution in [0, 0.1) is 6.92 Å². The van der Waals surface area contributed by atoms with Gasteiger partial charge in [-0.3, -0.25) is 9.59 Å². The smallest absolute Gasteiger partial charge is 0.227 e. The molecule has 1 spiro atoms. The molecule has 2 aromatic rings. The number of carbonyl (C=O) groups excluding carboxylic acids is 2. The van der Waals surface area contributed by atoms with Crippen molar-refractivity contribution in [2.75, 3.05) is 13.1 Å². The normalized spacial score (nSPS) is 28.5. The Balaban J connectivity index is 1.38. The zero-order valence-corrected chi connectivity index (χ0v) is 16.0. The number of rotatable bonds is 3. The third-order valence-corrected chi connectivity index (χ3v) is 6.36. The lowest BCUT2D eigenvalue weighted by Crippen LogP contribution is -2.49. The zero-order valence-electron chi connectivity index (χ0n) is 16.0. The number of benzene rings is 2. The van der Waals surface area contributed by atoms with E-state index in [1.165, 1.54) is 0 Å². The maximum absolute atomic E-state index is 13.1. The second-order valence-electron chi connectivity index (χ2n) is 8.09. The van der Waals surface area contributed by atoms with Gasteiger partial charge in [0.2, 0.25) is 11.8 Å². The van der Waals surface area contributed by atoms with Crippen LogP contribution >= 0.6 is 0 Å². The first-order valence-electron chi connectivity index (χ1n) is 9.95. The Hall–Kier alpha value is -2.66. The number of aryl methyl sites for hydroxylation is 1. The minimum absolute atomic E-state index is 0.0777. The fourth-order valence-electron chi connectivity index (χ4n) is 5.06. The lowest BCUT2D eigenvalue weighted by molar-refractivity contribution is -0.142. The molecule has 5 rings (SSSR count). The molecule has 3 fully saturated rings. The summed E-state index contributed by atoms with van der Waals surface area (Å²) in [6.45, 7) is 3.24. The monoisotopic (exact) mass is 376 g/mol. The third-order valence-electron chi connectivity index (χ3n) is 6.36. The van der Waals surface area contributed by atoms with Crippen molar-refractivity contribution in [2.45, 2.75) is 44.1 Å². The van der Waals surface area contributed by atoms with E-state index in [-0.39, 0.29) is 24.0 Å². The molecule has 3 atom stereocenters. The number of nitrogens with zero attached hydrogens (tertiary/aromatic N) is 2. The van der Waals surface area contributed by atoms with Crippen LogP contribution in [0.5, 0.6) is 0 Å². The minimum atomic E-state index is -0.653. The molecule has 0 radical (unpaired) electrons. The van der Waals surface area contributed by atoms with E-state index < -0.39 is 5.72 Å². The van der Waals surface area contributed by atoms with Crippen LogP contribution in [0.1, 0.15) is 35.6 Å². The van der Waals surface area contributed by atoms with E-state index in [0.29, 0.717) is 32.4 Å². The van der Waals surface area contributed by atoms with Gasteiger partial charge in [0.15, 0.2) is 5.72 Å². The Bertz CT molecular complexity index is 928. The molecule has 2 aromatic carbocycles. The molecule has 0 unspecified atom stereocenters. The Morgan fingerprint density at radius 1 is 1.18 bits per heavy atom. The van der Waals surface area contributed by atoms with Crippen LogP contribution in [0.4, 0.5) is 0 Å². The fourth-order valence-corrected chi connectivity index (χ4v) is 5.06. The summed E-state index contributed by atoms with van der Waals surface area (Å²) in [5.41, 5.74) is 2.60.